The van der Waals surface area contributed by atoms with Crippen LogP contribution in [0.5, 0.6) is 23.0 Å². The Balaban J connectivity index is 1.76. The first-order valence-corrected chi connectivity index (χ1v) is 8.77. The number of phenols is 1. The quantitative estimate of drug-likeness (QED) is 0.919. The van der Waals surface area contributed by atoms with Crippen LogP contribution in [0.15, 0.2) is 36.4 Å². The largest absolute Gasteiger partial charge is 0.507 e. The molecule has 25 heavy (non-hydrogen) atoms. The van der Waals surface area contributed by atoms with Gasteiger partial charge in [0, 0.05) is 11.6 Å². The first-order valence-electron chi connectivity index (χ1n) is 8.77. The average Bonchev–Trinajstić information content (AvgIpc) is 3.11. The van der Waals surface area contributed by atoms with Crippen molar-refractivity contribution in [2.24, 2.45) is 0 Å². The summed E-state index contributed by atoms with van der Waals surface area (Å²) in [5, 5.41) is 10.7. The molecule has 0 bridgehead atoms. The minimum Gasteiger partial charge on any atom is -0.507 e. The molecule has 5 nitrogen and oxygen atoms in total. The molecule has 2 aromatic carbocycles. The minimum absolute atomic E-state index is 0.0132. The van der Waals surface area contributed by atoms with E-state index in [-0.39, 0.29) is 18.6 Å². The molecule has 2 heterocycles. The van der Waals surface area contributed by atoms with Gasteiger partial charge in [0.05, 0.1) is 13.2 Å². The summed E-state index contributed by atoms with van der Waals surface area (Å²) in [6, 6.07) is 11.6. The minimum atomic E-state index is -0.0132. The third-order valence-corrected chi connectivity index (χ3v) is 5.00. The smallest absolute Gasteiger partial charge is 0.231 e. The SMILES string of the molecule is COc1ccc([C@@H](c2cc3c(cc2O)OCO3)N2CCCCC2)cc1. The molecule has 1 saturated heterocycles. The standard InChI is InChI=1S/C20H23NO4/c1-23-15-7-5-14(6-8-15)20(21-9-3-2-4-10-21)16-11-18-19(12-17(16)22)25-13-24-18/h5-8,11-12,20,22H,2-4,9-10,13H2,1H3/t20-/m0/s1. The van der Waals surface area contributed by atoms with E-state index in [1.807, 2.05) is 18.2 Å². The molecule has 2 aromatic rings. The second-order valence-electron chi connectivity index (χ2n) is 6.54. The Kier molecular flexibility index (Phi) is 4.40. The normalized spacial score (nSPS) is 18.1. The number of hydrogen-bond donors (Lipinski definition) is 1. The summed E-state index contributed by atoms with van der Waals surface area (Å²) in [5.74, 6) is 2.38. The maximum atomic E-state index is 10.7. The monoisotopic (exact) mass is 341 g/mol. The number of piperidine rings is 1. The van der Waals surface area contributed by atoms with Gasteiger partial charge in [-0.2, -0.15) is 0 Å². The summed E-state index contributed by atoms with van der Waals surface area (Å²) >= 11 is 0. The lowest BCUT2D eigenvalue weighted by Gasteiger charge is -2.35. The Bertz CT molecular complexity index is 738. The predicted molar refractivity (Wildman–Crippen MR) is 94.5 cm³/mol. The van der Waals surface area contributed by atoms with E-state index in [1.54, 1.807) is 13.2 Å². The van der Waals surface area contributed by atoms with Crippen molar-refractivity contribution in [2.45, 2.75) is 25.3 Å². The highest BCUT2D eigenvalue weighted by Gasteiger charge is 2.29. The highest BCUT2D eigenvalue weighted by atomic mass is 16.7. The van der Waals surface area contributed by atoms with Crippen molar-refractivity contribution in [1.82, 2.24) is 4.90 Å². The topological polar surface area (TPSA) is 51.2 Å². The van der Waals surface area contributed by atoms with E-state index in [4.69, 9.17) is 14.2 Å². The van der Waals surface area contributed by atoms with Crippen molar-refractivity contribution in [1.29, 1.82) is 0 Å². The summed E-state index contributed by atoms with van der Waals surface area (Å²) in [6.45, 7) is 2.24. The molecular weight excluding hydrogens is 318 g/mol. The number of benzene rings is 2. The summed E-state index contributed by atoms with van der Waals surface area (Å²) in [7, 11) is 1.67. The molecule has 0 amide bonds. The maximum Gasteiger partial charge on any atom is 0.231 e. The molecule has 2 aliphatic rings. The summed E-state index contributed by atoms with van der Waals surface area (Å²) in [6.07, 6.45) is 3.62. The first-order chi connectivity index (χ1) is 12.3. The average molecular weight is 341 g/mol. The molecule has 0 aromatic heterocycles. The van der Waals surface area contributed by atoms with E-state index in [0.717, 1.165) is 30.0 Å². The van der Waals surface area contributed by atoms with E-state index < -0.39 is 0 Å². The number of phenolic OH excluding ortho intramolecular Hbond substituents is 1. The Morgan fingerprint density at radius 1 is 1.00 bits per heavy atom. The van der Waals surface area contributed by atoms with Gasteiger partial charge < -0.3 is 19.3 Å². The van der Waals surface area contributed by atoms with Crippen molar-refractivity contribution >= 4 is 0 Å². The van der Waals surface area contributed by atoms with Gasteiger partial charge in [0.25, 0.3) is 0 Å². The van der Waals surface area contributed by atoms with Crippen molar-refractivity contribution in [3.63, 3.8) is 0 Å². The molecule has 1 fully saturated rings. The second kappa shape index (κ2) is 6.84. The summed E-state index contributed by atoms with van der Waals surface area (Å²) < 4.78 is 16.2. The number of likely N-dealkylation sites (tertiary alicyclic amines) is 1. The van der Waals surface area contributed by atoms with Crippen LogP contribution in [0.3, 0.4) is 0 Å². The van der Waals surface area contributed by atoms with Crippen molar-refractivity contribution in [3.05, 3.63) is 47.5 Å². The van der Waals surface area contributed by atoms with Crippen LogP contribution in [0.4, 0.5) is 0 Å². The molecule has 0 saturated carbocycles. The van der Waals surface area contributed by atoms with Gasteiger partial charge in [-0.3, -0.25) is 4.90 Å². The predicted octanol–water partition coefficient (Wildman–Crippen LogP) is 3.70. The molecule has 0 aliphatic carbocycles. The molecule has 0 spiro atoms. The van der Waals surface area contributed by atoms with Crippen LogP contribution in [-0.2, 0) is 0 Å². The lowest BCUT2D eigenvalue weighted by atomic mass is 9.93. The van der Waals surface area contributed by atoms with Gasteiger partial charge >= 0.3 is 0 Å². The number of nitrogens with zero attached hydrogens (tertiary/aromatic N) is 1. The van der Waals surface area contributed by atoms with Crippen LogP contribution in [0.2, 0.25) is 0 Å². The number of fused-ring (bicyclic) bond motifs is 1. The van der Waals surface area contributed by atoms with Gasteiger partial charge in [-0.1, -0.05) is 18.6 Å². The Morgan fingerprint density at radius 2 is 1.68 bits per heavy atom. The van der Waals surface area contributed by atoms with E-state index in [9.17, 15) is 5.11 Å². The number of rotatable bonds is 4. The van der Waals surface area contributed by atoms with Crippen LogP contribution in [0.25, 0.3) is 0 Å². The third-order valence-electron chi connectivity index (χ3n) is 5.00. The van der Waals surface area contributed by atoms with Crippen LogP contribution < -0.4 is 14.2 Å². The lowest BCUT2D eigenvalue weighted by Crippen LogP contribution is -2.34. The Hall–Kier alpha value is -2.40. The molecular formula is C20H23NO4. The zero-order chi connectivity index (χ0) is 17.2. The lowest BCUT2D eigenvalue weighted by molar-refractivity contribution is 0.173. The van der Waals surface area contributed by atoms with Gasteiger partial charge in [0.1, 0.15) is 11.5 Å². The number of ether oxygens (including phenoxy) is 3. The van der Waals surface area contributed by atoms with Crippen LogP contribution >= 0.6 is 0 Å². The van der Waals surface area contributed by atoms with E-state index in [0.29, 0.717) is 11.5 Å². The number of methoxy groups -OCH3 is 1. The summed E-state index contributed by atoms with van der Waals surface area (Å²) in [5.41, 5.74) is 1.99. The van der Waals surface area contributed by atoms with E-state index >= 15 is 0 Å². The highest BCUT2D eigenvalue weighted by Crippen LogP contribution is 2.43. The third kappa shape index (κ3) is 3.12. The van der Waals surface area contributed by atoms with Crippen LogP contribution in [0, 0.1) is 0 Å². The van der Waals surface area contributed by atoms with E-state index in [1.165, 1.54) is 19.3 Å². The molecule has 5 heteroatoms. The molecule has 2 aliphatic heterocycles. The van der Waals surface area contributed by atoms with Gasteiger partial charge in [-0.25, -0.2) is 0 Å². The van der Waals surface area contributed by atoms with Gasteiger partial charge in [-0.15, -0.1) is 0 Å². The fraction of sp³-hybridized carbons (Fsp3) is 0.400. The molecule has 4 rings (SSSR count). The van der Waals surface area contributed by atoms with Gasteiger partial charge in [0.2, 0.25) is 6.79 Å². The number of aromatic hydroxyl groups is 1. The van der Waals surface area contributed by atoms with Crippen molar-refractivity contribution in [3.8, 4) is 23.0 Å². The second-order valence-corrected chi connectivity index (χ2v) is 6.54. The van der Waals surface area contributed by atoms with Crippen LogP contribution in [-0.4, -0.2) is 37.0 Å². The first kappa shape index (κ1) is 16.1. The molecule has 0 unspecified atom stereocenters. The fourth-order valence-electron chi connectivity index (χ4n) is 3.72. The van der Waals surface area contributed by atoms with Gasteiger partial charge in [0.15, 0.2) is 11.5 Å². The molecule has 1 N–H and O–H groups in total. The van der Waals surface area contributed by atoms with Gasteiger partial charge in [-0.05, 0) is 49.7 Å². The van der Waals surface area contributed by atoms with Crippen molar-refractivity contribution in [2.75, 3.05) is 27.0 Å². The number of hydrogen-bond acceptors (Lipinski definition) is 5. The van der Waals surface area contributed by atoms with Crippen molar-refractivity contribution < 1.29 is 19.3 Å². The van der Waals surface area contributed by atoms with Crippen LogP contribution in [0.1, 0.15) is 36.4 Å². The molecule has 0 radical (unpaired) electrons. The Labute approximate surface area is 147 Å². The Morgan fingerprint density at radius 3 is 2.36 bits per heavy atom. The molecule has 132 valence electrons. The fourth-order valence-corrected chi connectivity index (χ4v) is 3.72. The zero-order valence-electron chi connectivity index (χ0n) is 14.4. The maximum absolute atomic E-state index is 10.7. The zero-order valence-corrected chi connectivity index (χ0v) is 14.4. The molecule has 1 atom stereocenters. The summed E-state index contributed by atoms with van der Waals surface area (Å²) in [4.78, 5) is 2.43. The highest BCUT2D eigenvalue weighted by molar-refractivity contribution is 5.54. The van der Waals surface area contributed by atoms with E-state index in [2.05, 4.69) is 17.0 Å².